The van der Waals surface area contributed by atoms with Crippen LogP contribution in [0.2, 0.25) is 0 Å². The summed E-state index contributed by atoms with van der Waals surface area (Å²) in [6.45, 7) is 2.01. The van der Waals surface area contributed by atoms with Crippen molar-refractivity contribution in [3.63, 3.8) is 0 Å². The van der Waals surface area contributed by atoms with Crippen LogP contribution in [0.3, 0.4) is 0 Å². The summed E-state index contributed by atoms with van der Waals surface area (Å²) in [5.41, 5.74) is 2.58. The fourth-order valence-corrected chi connectivity index (χ4v) is 4.26. The highest BCUT2D eigenvalue weighted by Gasteiger charge is 2.22. The second-order valence-electron chi connectivity index (χ2n) is 9.60. The summed E-state index contributed by atoms with van der Waals surface area (Å²) in [6.07, 6.45) is 2.78. The van der Waals surface area contributed by atoms with Crippen LogP contribution in [0, 0.1) is 20.2 Å². The van der Waals surface area contributed by atoms with Crippen LogP contribution in [0.5, 0.6) is 28.7 Å². The van der Waals surface area contributed by atoms with Gasteiger partial charge in [-0.2, -0.15) is 5.10 Å². The van der Waals surface area contributed by atoms with Crippen LogP contribution in [-0.4, -0.2) is 41.3 Å². The maximum absolute atomic E-state index is 13.2. The molecule has 2 amide bonds. The van der Waals surface area contributed by atoms with Crippen LogP contribution in [0.1, 0.15) is 28.4 Å². The van der Waals surface area contributed by atoms with Gasteiger partial charge in [-0.05, 0) is 72.7 Å². The predicted molar refractivity (Wildman–Crippen MR) is 168 cm³/mol. The number of non-ortho nitro benzene ring substituents is 1. The number of nitro groups is 2. The molecule has 0 spiro atoms. The summed E-state index contributed by atoms with van der Waals surface area (Å²) in [5, 5.41) is 29.2. The molecule has 1 aliphatic heterocycles. The molecule has 0 bridgehead atoms. The first-order valence-corrected chi connectivity index (χ1v) is 13.9. The Balaban J connectivity index is 1.35. The van der Waals surface area contributed by atoms with Gasteiger partial charge in [-0.25, -0.2) is 5.43 Å². The first-order valence-electron chi connectivity index (χ1n) is 13.9. The summed E-state index contributed by atoms with van der Waals surface area (Å²) in [7, 11) is 0. The molecule has 0 aliphatic carbocycles. The van der Waals surface area contributed by atoms with Crippen molar-refractivity contribution in [1.29, 1.82) is 0 Å². The molecule has 4 aromatic rings. The topological polar surface area (TPSA) is 194 Å². The Hall–Kier alpha value is -6.77. The molecule has 0 atom stereocenters. The SMILES string of the molecule is CCOc1cc(/C=N/NC(=O)/C(=C\c2ccc3c(c2)OCO3)NC(=O)c2ccccc2)ccc1Oc1ccc([N+](=O)[O-])cc1[N+](=O)[O-]. The van der Waals surface area contributed by atoms with Crippen LogP contribution in [0.4, 0.5) is 11.4 Å². The Bertz CT molecular complexity index is 1910. The summed E-state index contributed by atoms with van der Waals surface area (Å²) >= 11 is 0. The third kappa shape index (κ3) is 7.85. The number of amides is 2. The van der Waals surface area contributed by atoms with E-state index in [1.165, 1.54) is 24.4 Å². The van der Waals surface area contributed by atoms with Gasteiger partial charge in [0.1, 0.15) is 5.70 Å². The van der Waals surface area contributed by atoms with E-state index in [4.69, 9.17) is 18.9 Å². The third-order valence-electron chi connectivity index (χ3n) is 6.45. The Morgan fingerprint density at radius 1 is 0.872 bits per heavy atom. The molecule has 0 fully saturated rings. The Labute approximate surface area is 266 Å². The van der Waals surface area contributed by atoms with Crippen molar-refractivity contribution in [2.75, 3.05) is 13.4 Å². The summed E-state index contributed by atoms with van der Waals surface area (Å²) < 4.78 is 22.1. The molecule has 0 unspecified atom stereocenters. The van der Waals surface area contributed by atoms with Crippen molar-refractivity contribution in [3.05, 3.63) is 128 Å². The van der Waals surface area contributed by atoms with Gasteiger partial charge >= 0.3 is 5.69 Å². The zero-order valence-electron chi connectivity index (χ0n) is 24.6. The molecule has 0 radical (unpaired) electrons. The van der Waals surface area contributed by atoms with Crippen LogP contribution in [0.25, 0.3) is 6.08 Å². The standard InChI is InChI=1S/C32H25N5O10/c1-2-44-30-16-21(9-12-28(30)47-26-13-10-23(36(40)41)17-25(26)37(42)43)18-33-35-32(39)24(34-31(38)22-6-4-3-5-7-22)14-20-8-11-27-29(15-20)46-19-45-27/h3-18H,2,19H2,1H3,(H,34,38)(H,35,39)/b24-14+,33-18+. The van der Waals surface area contributed by atoms with Gasteiger partial charge in [0.05, 0.1) is 28.7 Å². The van der Waals surface area contributed by atoms with Crippen molar-refractivity contribution < 1.29 is 38.4 Å². The van der Waals surface area contributed by atoms with Crippen LogP contribution < -0.4 is 29.7 Å². The van der Waals surface area contributed by atoms with Crippen molar-refractivity contribution in [3.8, 4) is 28.7 Å². The van der Waals surface area contributed by atoms with Crippen LogP contribution >= 0.6 is 0 Å². The van der Waals surface area contributed by atoms with E-state index >= 15 is 0 Å². The molecule has 47 heavy (non-hydrogen) atoms. The normalized spacial score (nSPS) is 12.0. The van der Waals surface area contributed by atoms with E-state index in [9.17, 15) is 29.8 Å². The number of benzene rings is 4. The smallest absolute Gasteiger partial charge is 0.318 e. The Morgan fingerprint density at radius 2 is 1.62 bits per heavy atom. The lowest BCUT2D eigenvalue weighted by atomic mass is 10.1. The fourth-order valence-electron chi connectivity index (χ4n) is 4.26. The number of nitro benzene ring substituents is 2. The summed E-state index contributed by atoms with van der Waals surface area (Å²) in [5.74, 6) is -0.127. The molecule has 2 N–H and O–H groups in total. The number of nitrogens with one attached hydrogen (secondary N) is 2. The lowest BCUT2D eigenvalue weighted by Gasteiger charge is -2.12. The highest BCUT2D eigenvalue weighted by Crippen LogP contribution is 2.38. The average Bonchev–Trinajstić information content (AvgIpc) is 3.54. The number of hydrogen-bond donors (Lipinski definition) is 2. The van der Waals surface area contributed by atoms with Gasteiger partial charge in [0.15, 0.2) is 23.0 Å². The fraction of sp³-hybridized carbons (Fsp3) is 0.0938. The van der Waals surface area contributed by atoms with Gasteiger partial charge in [0.25, 0.3) is 17.5 Å². The van der Waals surface area contributed by atoms with Gasteiger partial charge in [-0.3, -0.25) is 29.8 Å². The number of hydrogen-bond acceptors (Lipinski definition) is 11. The number of carbonyl (C=O) groups excluding carboxylic acids is 2. The van der Waals surface area contributed by atoms with E-state index < -0.39 is 33.0 Å². The predicted octanol–water partition coefficient (Wildman–Crippen LogP) is 5.34. The summed E-state index contributed by atoms with van der Waals surface area (Å²) in [4.78, 5) is 47.2. The highest BCUT2D eigenvalue weighted by molar-refractivity contribution is 6.05. The number of ether oxygens (including phenoxy) is 4. The van der Waals surface area contributed by atoms with Crippen molar-refractivity contribution in [1.82, 2.24) is 10.7 Å². The first-order chi connectivity index (χ1) is 22.7. The van der Waals surface area contributed by atoms with Crippen molar-refractivity contribution in [2.45, 2.75) is 6.92 Å². The molecule has 0 saturated heterocycles. The Morgan fingerprint density at radius 3 is 2.36 bits per heavy atom. The second-order valence-corrected chi connectivity index (χ2v) is 9.60. The van der Waals surface area contributed by atoms with E-state index in [-0.39, 0.29) is 36.3 Å². The molecule has 1 aliphatic rings. The van der Waals surface area contributed by atoms with Gasteiger partial charge in [-0.15, -0.1) is 0 Å². The minimum Gasteiger partial charge on any atom is -0.490 e. The molecule has 5 rings (SSSR count). The van der Waals surface area contributed by atoms with E-state index in [1.54, 1.807) is 61.5 Å². The Kier molecular flexibility index (Phi) is 9.66. The highest BCUT2D eigenvalue weighted by atomic mass is 16.7. The quantitative estimate of drug-likeness (QED) is 0.0884. The number of carbonyl (C=O) groups is 2. The first kappa shape index (κ1) is 31.6. The number of rotatable bonds is 12. The van der Waals surface area contributed by atoms with E-state index in [2.05, 4.69) is 15.8 Å². The molecular weight excluding hydrogens is 614 g/mol. The van der Waals surface area contributed by atoms with Gasteiger partial charge in [0.2, 0.25) is 12.5 Å². The number of hydrazone groups is 1. The van der Waals surface area contributed by atoms with Crippen molar-refractivity contribution in [2.24, 2.45) is 5.10 Å². The van der Waals surface area contributed by atoms with Crippen LogP contribution in [-0.2, 0) is 4.79 Å². The molecule has 15 nitrogen and oxygen atoms in total. The van der Waals surface area contributed by atoms with Crippen LogP contribution in [0.15, 0.2) is 95.7 Å². The molecule has 0 saturated carbocycles. The van der Waals surface area contributed by atoms with Crippen molar-refractivity contribution >= 4 is 35.5 Å². The van der Waals surface area contributed by atoms with Gasteiger partial charge < -0.3 is 24.3 Å². The lowest BCUT2D eigenvalue weighted by molar-refractivity contribution is -0.394. The minimum atomic E-state index is -0.788. The zero-order valence-corrected chi connectivity index (χ0v) is 24.6. The third-order valence-corrected chi connectivity index (χ3v) is 6.45. The monoisotopic (exact) mass is 639 g/mol. The zero-order chi connectivity index (χ0) is 33.3. The maximum Gasteiger partial charge on any atom is 0.318 e. The van der Waals surface area contributed by atoms with E-state index in [0.29, 0.717) is 28.2 Å². The van der Waals surface area contributed by atoms with Gasteiger partial charge in [0, 0.05) is 11.6 Å². The maximum atomic E-state index is 13.2. The molecule has 4 aromatic carbocycles. The lowest BCUT2D eigenvalue weighted by Crippen LogP contribution is -2.32. The minimum absolute atomic E-state index is 0.0738. The molecule has 0 aromatic heterocycles. The van der Waals surface area contributed by atoms with E-state index in [0.717, 1.165) is 18.2 Å². The molecule has 15 heteroatoms. The largest absolute Gasteiger partial charge is 0.490 e. The molecule has 1 heterocycles. The summed E-state index contributed by atoms with van der Waals surface area (Å²) in [6, 6.07) is 21.0. The molecular formula is C32H25N5O10. The van der Waals surface area contributed by atoms with E-state index in [1.807, 2.05) is 0 Å². The average molecular weight is 640 g/mol. The number of nitrogens with zero attached hydrogens (tertiary/aromatic N) is 3. The molecule has 238 valence electrons. The second kappa shape index (κ2) is 14.3. The number of fused-ring (bicyclic) bond motifs is 1. The van der Waals surface area contributed by atoms with Gasteiger partial charge in [-0.1, -0.05) is 24.3 Å².